The highest BCUT2D eigenvalue weighted by Crippen LogP contribution is 2.29. The molecule has 118 valence electrons. The predicted molar refractivity (Wildman–Crippen MR) is 92.2 cm³/mol. The summed E-state index contributed by atoms with van der Waals surface area (Å²) in [6.07, 6.45) is 0. The lowest BCUT2D eigenvalue weighted by molar-refractivity contribution is 0.814. The van der Waals surface area contributed by atoms with Crippen LogP contribution in [0.15, 0.2) is 71.5 Å². The molecule has 0 fully saturated rings. The number of aromatic nitrogens is 4. The zero-order valence-electron chi connectivity index (χ0n) is 13.2. The number of rotatable bonds is 3. The van der Waals surface area contributed by atoms with Gasteiger partial charge < -0.3 is 0 Å². The minimum Gasteiger partial charge on any atom is -0.274 e. The second kappa shape index (κ2) is 5.77. The van der Waals surface area contributed by atoms with Gasteiger partial charge in [-0.1, -0.05) is 60.7 Å². The monoisotopic (exact) mass is 316 g/mol. The van der Waals surface area contributed by atoms with E-state index in [0.717, 1.165) is 11.1 Å². The average Bonchev–Trinajstić information content (AvgIpc) is 3.01. The number of aromatic amines is 1. The van der Waals surface area contributed by atoms with Crippen molar-refractivity contribution >= 4 is 5.78 Å². The van der Waals surface area contributed by atoms with Crippen LogP contribution in [0.1, 0.15) is 28.6 Å². The van der Waals surface area contributed by atoms with Gasteiger partial charge in [0.15, 0.2) is 0 Å². The molecule has 4 rings (SSSR count). The molecule has 2 aromatic heterocycles. The molecule has 0 radical (unpaired) electrons. The van der Waals surface area contributed by atoms with Crippen molar-refractivity contribution in [1.82, 2.24) is 19.6 Å². The van der Waals surface area contributed by atoms with E-state index in [1.54, 1.807) is 6.92 Å². The van der Waals surface area contributed by atoms with Gasteiger partial charge >= 0.3 is 0 Å². The lowest BCUT2D eigenvalue weighted by Crippen LogP contribution is -2.15. The molecule has 0 aliphatic carbocycles. The minimum atomic E-state index is -0.156. The van der Waals surface area contributed by atoms with Gasteiger partial charge in [-0.25, -0.2) is 4.98 Å². The normalized spacial score (nSPS) is 11.2. The first-order chi connectivity index (χ1) is 11.7. The Balaban J connectivity index is 1.94. The number of hydrogen-bond acceptors (Lipinski definition) is 3. The molecule has 5 heteroatoms. The molecule has 2 heterocycles. The summed E-state index contributed by atoms with van der Waals surface area (Å²) in [7, 11) is 0. The third-order valence-electron chi connectivity index (χ3n) is 4.02. The van der Waals surface area contributed by atoms with E-state index in [1.165, 1.54) is 10.6 Å². The largest absolute Gasteiger partial charge is 0.274 e. The van der Waals surface area contributed by atoms with Gasteiger partial charge in [0, 0.05) is 11.8 Å². The first kappa shape index (κ1) is 14.4. The molecule has 0 unspecified atom stereocenters. The SMILES string of the molecule is Cc1cc(=O)n2[nH]c(C(c3ccccc3)c3ccccc3)nc2n1. The lowest BCUT2D eigenvalue weighted by atomic mass is 9.91. The van der Waals surface area contributed by atoms with Crippen LogP contribution in [0.2, 0.25) is 0 Å². The van der Waals surface area contributed by atoms with E-state index in [0.29, 0.717) is 17.3 Å². The van der Waals surface area contributed by atoms with Crippen LogP contribution in [0.5, 0.6) is 0 Å². The summed E-state index contributed by atoms with van der Waals surface area (Å²) in [4.78, 5) is 21.1. The van der Waals surface area contributed by atoms with E-state index in [-0.39, 0.29) is 11.5 Å². The molecule has 4 aromatic rings. The zero-order valence-corrected chi connectivity index (χ0v) is 13.2. The van der Waals surface area contributed by atoms with Gasteiger partial charge in [0.05, 0.1) is 5.92 Å². The van der Waals surface area contributed by atoms with E-state index >= 15 is 0 Å². The smallest absolute Gasteiger partial charge is 0.274 e. The number of benzene rings is 2. The fourth-order valence-corrected chi connectivity index (χ4v) is 2.94. The molecule has 5 nitrogen and oxygen atoms in total. The predicted octanol–water partition coefficient (Wildman–Crippen LogP) is 2.91. The summed E-state index contributed by atoms with van der Waals surface area (Å²) in [5, 5.41) is 3.12. The van der Waals surface area contributed by atoms with Gasteiger partial charge in [-0.2, -0.15) is 9.50 Å². The Bertz CT molecular complexity index is 996. The van der Waals surface area contributed by atoms with Crippen molar-refractivity contribution in [2.45, 2.75) is 12.8 Å². The topological polar surface area (TPSA) is 63.0 Å². The molecule has 0 atom stereocenters. The number of nitrogens with one attached hydrogen (secondary N) is 1. The van der Waals surface area contributed by atoms with Crippen molar-refractivity contribution in [3.05, 3.63) is 99.7 Å². The number of hydrogen-bond donors (Lipinski definition) is 1. The van der Waals surface area contributed by atoms with Crippen LogP contribution < -0.4 is 5.56 Å². The summed E-state index contributed by atoms with van der Waals surface area (Å²) in [6.45, 7) is 1.79. The standard InChI is InChI=1S/C19H16N4O/c1-13-12-16(24)23-19(20-13)21-18(22-23)17(14-8-4-2-5-9-14)15-10-6-3-7-11-15/h2-12,17H,1H3,(H,20,21,22). The molecule has 0 amide bonds. The summed E-state index contributed by atoms with van der Waals surface area (Å²) >= 11 is 0. The Hall–Kier alpha value is -3.21. The summed E-state index contributed by atoms with van der Waals surface area (Å²) in [5.74, 6) is 1.00. The Labute approximate surface area is 138 Å². The molecule has 1 N–H and O–H groups in total. The maximum absolute atomic E-state index is 12.2. The maximum Gasteiger partial charge on any atom is 0.274 e. The molecule has 24 heavy (non-hydrogen) atoms. The van der Waals surface area contributed by atoms with E-state index in [9.17, 15) is 4.79 Å². The van der Waals surface area contributed by atoms with Crippen LogP contribution in [-0.2, 0) is 0 Å². The number of fused-ring (bicyclic) bond motifs is 1. The Morgan fingerprint density at radius 2 is 1.50 bits per heavy atom. The van der Waals surface area contributed by atoms with Gasteiger partial charge in [0.25, 0.3) is 11.3 Å². The van der Waals surface area contributed by atoms with Gasteiger partial charge in [-0.15, -0.1) is 0 Å². The molecule has 0 saturated carbocycles. The second-order valence-corrected chi connectivity index (χ2v) is 5.73. The van der Waals surface area contributed by atoms with Gasteiger partial charge in [-0.3, -0.25) is 9.89 Å². The molecular weight excluding hydrogens is 300 g/mol. The maximum atomic E-state index is 12.2. The summed E-state index contributed by atoms with van der Waals surface area (Å²) in [6, 6.07) is 21.7. The number of H-pyrrole nitrogens is 1. The lowest BCUT2D eigenvalue weighted by Gasteiger charge is -2.15. The second-order valence-electron chi connectivity index (χ2n) is 5.73. The Morgan fingerprint density at radius 1 is 0.917 bits per heavy atom. The van der Waals surface area contributed by atoms with Crippen LogP contribution in [0.25, 0.3) is 5.78 Å². The van der Waals surface area contributed by atoms with Crippen LogP contribution in [-0.4, -0.2) is 19.6 Å². The van der Waals surface area contributed by atoms with Crippen molar-refractivity contribution < 1.29 is 0 Å². The highest BCUT2D eigenvalue weighted by atomic mass is 16.1. The summed E-state index contributed by atoms with van der Waals surface area (Å²) in [5.41, 5.74) is 2.71. The van der Waals surface area contributed by atoms with Crippen molar-refractivity contribution in [2.24, 2.45) is 0 Å². The molecule has 0 bridgehead atoms. The van der Waals surface area contributed by atoms with Crippen LogP contribution >= 0.6 is 0 Å². The number of aryl methyl sites for hydroxylation is 1. The fourth-order valence-electron chi connectivity index (χ4n) is 2.94. The first-order valence-electron chi connectivity index (χ1n) is 7.78. The third kappa shape index (κ3) is 2.50. The van der Waals surface area contributed by atoms with E-state index in [2.05, 4.69) is 39.3 Å². The van der Waals surface area contributed by atoms with Crippen molar-refractivity contribution in [3.63, 3.8) is 0 Å². The number of nitrogens with zero attached hydrogens (tertiary/aromatic N) is 3. The molecule has 2 aromatic carbocycles. The third-order valence-corrected chi connectivity index (χ3v) is 4.02. The quantitative estimate of drug-likeness (QED) is 0.632. The average molecular weight is 316 g/mol. The highest BCUT2D eigenvalue weighted by Gasteiger charge is 2.21. The minimum absolute atomic E-state index is 0.0891. The van der Waals surface area contributed by atoms with E-state index < -0.39 is 0 Å². The van der Waals surface area contributed by atoms with Gasteiger partial charge in [0.1, 0.15) is 5.82 Å². The van der Waals surface area contributed by atoms with Crippen molar-refractivity contribution in [1.29, 1.82) is 0 Å². The highest BCUT2D eigenvalue weighted by molar-refractivity contribution is 5.40. The molecule has 0 saturated heterocycles. The summed E-state index contributed by atoms with van der Waals surface area (Å²) < 4.78 is 1.39. The zero-order chi connectivity index (χ0) is 16.5. The fraction of sp³-hybridized carbons (Fsp3) is 0.105. The van der Waals surface area contributed by atoms with E-state index in [4.69, 9.17) is 0 Å². The van der Waals surface area contributed by atoms with E-state index in [1.807, 2.05) is 36.4 Å². The van der Waals surface area contributed by atoms with Gasteiger partial charge in [0.2, 0.25) is 0 Å². The molecular formula is C19H16N4O. The van der Waals surface area contributed by atoms with Crippen molar-refractivity contribution in [2.75, 3.05) is 0 Å². The van der Waals surface area contributed by atoms with Crippen LogP contribution in [0.3, 0.4) is 0 Å². The van der Waals surface area contributed by atoms with Crippen LogP contribution in [0.4, 0.5) is 0 Å². The van der Waals surface area contributed by atoms with Crippen LogP contribution in [0, 0.1) is 6.92 Å². The Morgan fingerprint density at radius 3 is 2.08 bits per heavy atom. The molecule has 0 spiro atoms. The molecule has 0 aliphatic heterocycles. The first-order valence-corrected chi connectivity index (χ1v) is 7.78. The molecule has 0 aliphatic rings. The Kier molecular flexibility index (Phi) is 3.46. The van der Waals surface area contributed by atoms with Crippen molar-refractivity contribution in [3.8, 4) is 0 Å². The van der Waals surface area contributed by atoms with Gasteiger partial charge in [-0.05, 0) is 18.1 Å².